The topological polar surface area (TPSA) is 12.0 Å². The van der Waals surface area contributed by atoms with Crippen molar-refractivity contribution < 1.29 is 0 Å². The van der Waals surface area contributed by atoms with Crippen LogP contribution in [0.2, 0.25) is 0 Å². The third kappa shape index (κ3) is 4.86. The molecule has 1 heteroatoms. The van der Waals surface area contributed by atoms with E-state index in [1.807, 2.05) is 0 Å². The second-order valence-corrected chi connectivity index (χ2v) is 6.19. The Kier molecular flexibility index (Phi) is 6.41. The molecule has 1 rings (SSSR count). The zero-order valence-corrected chi connectivity index (χ0v) is 11.6. The molecule has 1 N–H and O–H groups in total. The van der Waals surface area contributed by atoms with E-state index in [-0.39, 0.29) is 0 Å². The fraction of sp³-hybridized carbons (Fsp3) is 1.00. The summed E-state index contributed by atoms with van der Waals surface area (Å²) in [5, 5.41) is 3.69. The van der Waals surface area contributed by atoms with Gasteiger partial charge >= 0.3 is 0 Å². The molecule has 0 unspecified atom stereocenters. The summed E-state index contributed by atoms with van der Waals surface area (Å²) in [6, 6.07) is 0. The van der Waals surface area contributed by atoms with E-state index in [0.29, 0.717) is 5.41 Å². The van der Waals surface area contributed by atoms with Crippen LogP contribution < -0.4 is 5.32 Å². The largest absolute Gasteiger partial charge is 0.316 e. The van der Waals surface area contributed by atoms with Gasteiger partial charge in [-0.1, -0.05) is 52.9 Å². The van der Waals surface area contributed by atoms with Gasteiger partial charge in [0.25, 0.3) is 0 Å². The number of rotatable bonds is 8. The minimum Gasteiger partial charge on any atom is -0.316 e. The van der Waals surface area contributed by atoms with Crippen LogP contribution in [0.1, 0.15) is 72.1 Å². The fourth-order valence-corrected chi connectivity index (χ4v) is 3.02. The molecular formula is C15H31N. The van der Waals surface area contributed by atoms with Crippen LogP contribution in [0, 0.1) is 11.3 Å². The van der Waals surface area contributed by atoms with Crippen LogP contribution in [-0.4, -0.2) is 13.1 Å². The Morgan fingerprint density at radius 3 is 2.38 bits per heavy atom. The summed E-state index contributed by atoms with van der Waals surface area (Å²) >= 11 is 0. The average molecular weight is 225 g/mol. The van der Waals surface area contributed by atoms with Crippen molar-refractivity contribution in [1.29, 1.82) is 0 Å². The predicted molar refractivity (Wildman–Crippen MR) is 72.8 cm³/mol. The average Bonchev–Trinajstić information content (AvgIpc) is 2.67. The zero-order valence-electron chi connectivity index (χ0n) is 11.6. The van der Waals surface area contributed by atoms with Gasteiger partial charge in [0.05, 0.1) is 0 Å². The van der Waals surface area contributed by atoms with Gasteiger partial charge in [0.15, 0.2) is 0 Å². The van der Waals surface area contributed by atoms with Crippen molar-refractivity contribution in [3.05, 3.63) is 0 Å². The van der Waals surface area contributed by atoms with Crippen LogP contribution in [0.15, 0.2) is 0 Å². The van der Waals surface area contributed by atoms with Crippen LogP contribution in [0.5, 0.6) is 0 Å². The first kappa shape index (κ1) is 14.0. The van der Waals surface area contributed by atoms with Crippen molar-refractivity contribution in [1.82, 2.24) is 5.32 Å². The highest BCUT2D eigenvalue weighted by Crippen LogP contribution is 2.41. The number of unbranched alkanes of at least 4 members (excludes halogenated alkanes) is 2. The zero-order chi connectivity index (χ0) is 11.9. The smallest absolute Gasteiger partial charge is 0.000792 e. The monoisotopic (exact) mass is 225 g/mol. The molecule has 0 saturated heterocycles. The number of hydrogen-bond acceptors (Lipinski definition) is 1. The van der Waals surface area contributed by atoms with E-state index in [0.717, 1.165) is 5.92 Å². The van der Waals surface area contributed by atoms with Gasteiger partial charge in [-0.25, -0.2) is 0 Å². The van der Waals surface area contributed by atoms with Gasteiger partial charge in [0.2, 0.25) is 0 Å². The maximum atomic E-state index is 3.69. The Balaban J connectivity index is 2.27. The SMILES string of the molecule is CCCCCC1(CNCC(C)C)CCCC1. The normalized spacial score (nSPS) is 19.5. The van der Waals surface area contributed by atoms with Crippen LogP contribution >= 0.6 is 0 Å². The van der Waals surface area contributed by atoms with Gasteiger partial charge in [-0.15, -0.1) is 0 Å². The van der Waals surface area contributed by atoms with Gasteiger partial charge in [0.1, 0.15) is 0 Å². The fourth-order valence-electron chi connectivity index (χ4n) is 3.02. The summed E-state index contributed by atoms with van der Waals surface area (Å²) in [7, 11) is 0. The minimum absolute atomic E-state index is 0.671. The molecule has 1 fully saturated rings. The molecule has 1 aliphatic rings. The van der Waals surface area contributed by atoms with Crippen molar-refractivity contribution in [3.8, 4) is 0 Å². The van der Waals surface area contributed by atoms with Crippen molar-refractivity contribution in [2.24, 2.45) is 11.3 Å². The first-order valence-electron chi connectivity index (χ1n) is 7.39. The summed E-state index contributed by atoms with van der Waals surface area (Å²) in [5.74, 6) is 0.786. The van der Waals surface area contributed by atoms with Crippen molar-refractivity contribution in [2.45, 2.75) is 72.1 Å². The summed E-state index contributed by atoms with van der Waals surface area (Å²) in [6.45, 7) is 9.36. The molecule has 0 aromatic rings. The number of nitrogens with one attached hydrogen (secondary N) is 1. The molecule has 96 valence electrons. The van der Waals surface area contributed by atoms with Crippen molar-refractivity contribution in [3.63, 3.8) is 0 Å². The second-order valence-electron chi connectivity index (χ2n) is 6.19. The lowest BCUT2D eigenvalue weighted by molar-refractivity contribution is 0.245. The van der Waals surface area contributed by atoms with E-state index in [1.165, 1.54) is 64.5 Å². The van der Waals surface area contributed by atoms with Crippen LogP contribution in [0.4, 0.5) is 0 Å². The van der Waals surface area contributed by atoms with Gasteiger partial charge in [-0.05, 0) is 37.1 Å². The Bertz CT molecular complexity index is 168. The molecule has 0 atom stereocenters. The summed E-state index contributed by atoms with van der Waals surface area (Å²) < 4.78 is 0. The van der Waals surface area contributed by atoms with Crippen molar-refractivity contribution >= 4 is 0 Å². The van der Waals surface area contributed by atoms with Crippen LogP contribution in [0.25, 0.3) is 0 Å². The molecule has 0 radical (unpaired) electrons. The van der Waals surface area contributed by atoms with Crippen molar-refractivity contribution in [2.75, 3.05) is 13.1 Å². The van der Waals surface area contributed by atoms with E-state index in [1.54, 1.807) is 0 Å². The highest BCUT2D eigenvalue weighted by Gasteiger charge is 2.32. The van der Waals surface area contributed by atoms with E-state index in [4.69, 9.17) is 0 Å². The quantitative estimate of drug-likeness (QED) is 0.605. The van der Waals surface area contributed by atoms with Crippen LogP contribution in [0.3, 0.4) is 0 Å². The van der Waals surface area contributed by atoms with E-state index in [2.05, 4.69) is 26.1 Å². The summed E-state index contributed by atoms with van der Waals surface area (Å²) in [6.07, 6.45) is 11.6. The molecule has 0 aromatic heterocycles. The third-order valence-electron chi connectivity index (χ3n) is 4.03. The van der Waals surface area contributed by atoms with Gasteiger partial charge in [0, 0.05) is 6.54 Å². The van der Waals surface area contributed by atoms with Gasteiger partial charge < -0.3 is 5.32 Å². The lowest BCUT2D eigenvalue weighted by Crippen LogP contribution is -2.34. The molecule has 16 heavy (non-hydrogen) atoms. The maximum absolute atomic E-state index is 3.69. The molecular weight excluding hydrogens is 194 g/mol. The Morgan fingerprint density at radius 2 is 1.81 bits per heavy atom. The highest BCUT2D eigenvalue weighted by molar-refractivity contribution is 4.86. The Labute approximate surface area is 102 Å². The predicted octanol–water partition coefficient (Wildman–Crippen LogP) is 4.37. The first-order valence-corrected chi connectivity index (χ1v) is 7.39. The van der Waals surface area contributed by atoms with Crippen LogP contribution in [-0.2, 0) is 0 Å². The van der Waals surface area contributed by atoms with Gasteiger partial charge in [-0.2, -0.15) is 0 Å². The number of hydrogen-bond donors (Lipinski definition) is 1. The molecule has 1 nitrogen and oxygen atoms in total. The standard InChI is InChI=1S/C15H31N/c1-4-5-6-9-15(10-7-8-11-15)13-16-12-14(2)3/h14,16H,4-13H2,1-3H3. The summed E-state index contributed by atoms with van der Waals surface area (Å²) in [4.78, 5) is 0. The maximum Gasteiger partial charge on any atom is 0.000792 e. The Hall–Kier alpha value is -0.0400. The van der Waals surface area contributed by atoms with E-state index < -0.39 is 0 Å². The second kappa shape index (κ2) is 7.32. The molecule has 0 aliphatic heterocycles. The lowest BCUT2D eigenvalue weighted by Gasteiger charge is -2.30. The molecule has 0 amide bonds. The molecule has 0 spiro atoms. The lowest BCUT2D eigenvalue weighted by atomic mass is 9.80. The van der Waals surface area contributed by atoms with E-state index >= 15 is 0 Å². The minimum atomic E-state index is 0.671. The first-order chi connectivity index (χ1) is 7.68. The molecule has 0 heterocycles. The molecule has 0 aromatic carbocycles. The van der Waals surface area contributed by atoms with Gasteiger partial charge in [-0.3, -0.25) is 0 Å². The Morgan fingerprint density at radius 1 is 1.12 bits per heavy atom. The van der Waals surface area contributed by atoms with E-state index in [9.17, 15) is 0 Å². The third-order valence-corrected chi connectivity index (χ3v) is 4.03. The highest BCUT2D eigenvalue weighted by atomic mass is 14.9. The molecule has 0 bridgehead atoms. The molecule has 1 saturated carbocycles. The summed E-state index contributed by atoms with van der Waals surface area (Å²) in [5.41, 5.74) is 0.671. The molecule has 1 aliphatic carbocycles.